The number of amides is 1. The van der Waals surface area contributed by atoms with E-state index in [4.69, 9.17) is 24.3 Å². The molecule has 0 saturated heterocycles. The SMILES string of the molecule is COc1ccc(CNNC(=O)[C@@]2(Cc3ccc(Br)cc3)N=C(c3ccc(OCCCO)cc3)O[C@H]2c2ccccc2)cc1. The van der Waals surface area contributed by atoms with Crippen molar-refractivity contribution in [2.24, 2.45) is 4.99 Å². The van der Waals surface area contributed by atoms with Crippen LogP contribution in [0.1, 0.15) is 34.8 Å². The van der Waals surface area contributed by atoms with E-state index < -0.39 is 11.6 Å². The molecule has 4 aromatic carbocycles. The number of nitrogens with one attached hydrogen (secondary N) is 2. The van der Waals surface area contributed by atoms with Crippen molar-refractivity contribution >= 4 is 27.7 Å². The molecule has 43 heavy (non-hydrogen) atoms. The molecule has 9 heteroatoms. The van der Waals surface area contributed by atoms with Crippen LogP contribution in [0.3, 0.4) is 0 Å². The molecule has 3 N–H and O–H groups in total. The second-order valence-electron chi connectivity index (χ2n) is 10.2. The summed E-state index contributed by atoms with van der Waals surface area (Å²) < 4.78 is 18.4. The van der Waals surface area contributed by atoms with Crippen molar-refractivity contribution in [3.63, 3.8) is 0 Å². The number of carbonyl (C=O) groups excluding carboxylic acids is 1. The number of hydrogen-bond donors (Lipinski definition) is 3. The van der Waals surface area contributed by atoms with E-state index in [-0.39, 0.29) is 12.5 Å². The quantitative estimate of drug-likeness (QED) is 0.131. The molecule has 0 saturated carbocycles. The van der Waals surface area contributed by atoms with Gasteiger partial charge in [0.05, 0.1) is 13.7 Å². The second kappa shape index (κ2) is 14.3. The molecule has 1 aliphatic heterocycles. The maximum absolute atomic E-state index is 14.3. The summed E-state index contributed by atoms with van der Waals surface area (Å²) in [6, 6.07) is 32.6. The highest BCUT2D eigenvalue weighted by atomic mass is 79.9. The molecule has 0 aliphatic carbocycles. The van der Waals surface area contributed by atoms with Crippen LogP contribution in [0.5, 0.6) is 11.5 Å². The van der Waals surface area contributed by atoms with Crippen molar-refractivity contribution in [3.8, 4) is 11.5 Å². The van der Waals surface area contributed by atoms with E-state index in [0.29, 0.717) is 37.6 Å². The molecule has 1 aliphatic rings. The van der Waals surface area contributed by atoms with Gasteiger partial charge in [-0.05, 0) is 65.2 Å². The Morgan fingerprint density at radius 1 is 0.930 bits per heavy atom. The number of hydrogen-bond acceptors (Lipinski definition) is 7. The third-order valence-corrected chi connectivity index (χ3v) is 7.70. The smallest absolute Gasteiger partial charge is 0.266 e. The summed E-state index contributed by atoms with van der Waals surface area (Å²) in [6.07, 6.45) is 0.175. The lowest BCUT2D eigenvalue weighted by atomic mass is 9.82. The Balaban J connectivity index is 1.47. The van der Waals surface area contributed by atoms with Crippen LogP contribution in [0.15, 0.2) is 113 Å². The molecule has 1 heterocycles. The van der Waals surface area contributed by atoms with Crippen molar-refractivity contribution in [2.75, 3.05) is 20.3 Å². The van der Waals surface area contributed by atoms with Gasteiger partial charge in [-0.3, -0.25) is 10.2 Å². The predicted molar refractivity (Wildman–Crippen MR) is 169 cm³/mol. The average Bonchev–Trinajstić information content (AvgIpc) is 3.44. The minimum atomic E-state index is -1.31. The fraction of sp³-hybridized carbons (Fsp3) is 0.235. The third kappa shape index (κ3) is 7.43. The van der Waals surface area contributed by atoms with Crippen molar-refractivity contribution in [3.05, 3.63) is 130 Å². The van der Waals surface area contributed by atoms with Gasteiger partial charge in [0.1, 0.15) is 11.5 Å². The van der Waals surface area contributed by atoms with Crippen molar-refractivity contribution < 1.29 is 24.1 Å². The average molecular weight is 645 g/mol. The van der Waals surface area contributed by atoms with Crippen LogP contribution in [-0.2, 0) is 22.5 Å². The molecule has 8 nitrogen and oxygen atoms in total. The number of aliphatic imine (C=N–C) groups is 1. The Morgan fingerprint density at radius 3 is 2.28 bits per heavy atom. The summed E-state index contributed by atoms with van der Waals surface area (Å²) >= 11 is 3.51. The zero-order chi connectivity index (χ0) is 30.1. The molecule has 4 aromatic rings. The molecule has 0 unspecified atom stereocenters. The van der Waals surface area contributed by atoms with Gasteiger partial charge in [-0.25, -0.2) is 10.4 Å². The minimum Gasteiger partial charge on any atom is -0.497 e. The predicted octanol–water partition coefficient (Wildman–Crippen LogP) is 5.54. The molecule has 0 fully saturated rings. The van der Waals surface area contributed by atoms with Crippen molar-refractivity contribution in [1.82, 2.24) is 10.9 Å². The maximum atomic E-state index is 14.3. The number of rotatable bonds is 13. The summed E-state index contributed by atoms with van der Waals surface area (Å²) in [5.41, 5.74) is 8.19. The molecule has 1 amide bonds. The number of ether oxygens (including phenoxy) is 3. The van der Waals surface area contributed by atoms with Crippen LogP contribution >= 0.6 is 15.9 Å². The van der Waals surface area contributed by atoms with Crippen LogP contribution < -0.4 is 20.3 Å². The number of nitrogens with zero attached hydrogens (tertiary/aromatic N) is 1. The van der Waals surface area contributed by atoms with Gasteiger partial charge in [-0.1, -0.05) is 70.5 Å². The van der Waals surface area contributed by atoms with Crippen LogP contribution in [0, 0.1) is 0 Å². The fourth-order valence-electron chi connectivity index (χ4n) is 4.90. The lowest BCUT2D eigenvalue weighted by Gasteiger charge is -2.31. The van der Waals surface area contributed by atoms with E-state index in [1.165, 1.54) is 0 Å². The molecule has 2 atom stereocenters. The standard InChI is InChI=1S/C34H34BrN3O5/c1-41-29-16-10-25(11-17-29)23-36-38-33(40)34(22-24-8-14-28(35)15-9-24)31(26-6-3-2-4-7-26)43-32(37-34)27-12-18-30(19-13-27)42-21-5-20-39/h2-4,6-19,31,36,39H,5,20-23H2,1H3,(H,38,40)/t31-,34-/m0/s1. The van der Waals surface area contributed by atoms with Gasteiger partial charge in [-0.15, -0.1) is 0 Å². The lowest BCUT2D eigenvalue weighted by molar-refractivity contribution is -0.130. The van der Waals surface area contributed by atoms with Crippen LogP contribution in [-0.4, -0.2) is 42.8 Å². The van der Waals surface area contributed by atoms with Gasteiger partial charge < -0.3 is 19.3 Å². The van der Waals surface area contributed by atoms with Gasteiger partial charge >= 0.3 is 0 Å². The highest BCUT2D eigenvalue weighted by Crippen LogP contribution is 2.42. The van der Waals surface area contributed by atoms with Gasteiger partial charge in [0, 0.05) is 36.0 Å². The first kappa shape index (κ1) is 30.3. The van der Waals surface area contributed by atoms with Crippen molar-refractivity contribution in [1.29, 1.82) is 0 Å². The number of carbonyl (C=O) groups is 1. The summed E-state index contributed by atoms with van der Waals surface area (Å²) in [4.78, 5) is 19.3. The van der Waals surface area contributed by atoms with Gasteiger partial charge in [-0.2, -0.15) is 0 Å². The number of hydrazine groups is 1. The van der Waals surface area contributed by atoms with E-state index in [1.807, 2.05) is 103 Å². The second-order valence-corrected chi connectivity index (χ2v) is 11.1. The minimum absolute atomic E-state index is 0.0705. The zero-order valence-electron chi connectivity index (χ0n) is 23.8. The first-order valence-electron chi connectivity index (χ1n) is 14.1. The topological polar surface area (TPSA) is 101 Å². The summed E-state index contributed by atoms with van der Waals surface area (Å²) in [5.74, 6) is 1.51. The third-order valence-electron chi connectivity index (χ3n) is 7.17. The zero-order valence-corrected chi connectivity index (χ0v) is 25.4. The molecule has 222 valence electrons. The summed E-state index contributed by atoms with van der Waals surface area (Å²) in [7, 11) is 1.63. The van der Waals surface area contributed by atoms with Gasteiger partial charge in [0.15, 0.2) is 11.6 Å². The summed E-state index contributed by atoms with van der Waals surface area (Å²) in [5, 5.41) is 9.04. The molecular weight excluding hydrogens is 610 g/mol. The highest BCUT2D eigenvalue weighted by molar-refractivity contribution is 9.10. The van der Waals surface area contributed by atoms with E-state index in [9.17, 15) is 4.79 Å². The molecule has 0 radical (unpaired) electrons. The Labute approximate surface area is 259 Å². The Morgan fingerprint density at radius 2 is 1.60 bits per heavy atom. The first-order valence-corrected chi connectivity index (χ1v) is 14.9. The van der Waals surface area contributed by atoms with Crippen molar-refractivity contribution in [2.45, 2.75) is 31.0 Å². The number of aliphatic hydroxyl groups excluding tert-OH is 1. The first-order chi connectivity index (χ1) is 21.0. The molecule has 5 rings (SSSR count). The Hall–Kier alpha value is -4.18. The number of methoxy groups -OCH3 is 1. The van der Waals surface area contributed by atoms with E-state index in [0.717, 1.165) is 32.5 Å². The Kier molecular flexibility index (Phi) is 10.1. The number of halogens is 1. The largest absolute Gasteiger partial charge is 0.497 e. The summed E-state index contributed by atoms with van der Waals surface area (Å²) in [6.45, 7) is 0.902. The molecule has 0 bridgehead atoms. The maximum Gasteiger partial charge on any atom is 0.266 e. The highest BCUT2D eigenvalue weighted by Gasteiger charge is 2.53. The number of aliphatic hydroxyl groups is 1. The van der Waals surface area contributed by atoms with Gasteiger partial charge in [0.2, 0.25) is 5.90 Å². The van der Waals surface area contributed by atoms with E-state index >= 15 is 0 Å². The van der Waals surface area contributed by atoms with Crippen LogP contribution in [0.4, 0.5) is 0 Å². The van der Waals surface area contributed by atoms with E-state index in [2.05, 4.69) is 26.8 Å². The van der Waals surface area contributed by atoms with Gasteiger partial charge in [0.25, 0.3) is 5.91 Å². The van der Waals surface area contributed by atoms with Crippen LogP contribution in [0.25, 0.3) is 0 Å². The Bertz CT molecular complexity index is 1510. The molecule has 0 aromatic heterocycles. The monoisotopic (exact) mass is 643 g/mol. The van der Waals surface area contributed by atoms with E-state index in [1.54, 1.807) is 7.11 Å². The fourth-order valence-corrected chi connectivity index (χ4v) is 5.17. The molecule has 0 spiro atoms. The molecular formula is C34H34BrN3O5. The normalized spacial score (nSPS) is 17.6. The lowest BCUT2D eigenvalue weighted by Crippen LogP contribution is -2.53. The number of benzene rings is 4. The van der Waals surface area contributed by atoms with Crippen LogP contribution in [0.2, 0.25) is 0 Å².